The van der Waals surface area contributed by atoms with E-state index in [4.69, 9.17) is 4.74 Å². The average molecular weight is 584 g/mol. The van der Waals surface area contributed by atoms with Crippen molar-refractivity contribution in [1.82, 2.24) is 24.9 Å². The molecule has 1 aliphatic heterocycles. The molecule has 2 aliphatic rings. The second-order valence-corrected chi connectivity index (χ2v) is 12.6. The number of carboxylic acid groups (broad SMARTS) is 1. The van der Waals surface area contributed by atoms with Crippen LogP contribution < -0.4 is 10.3 Å². The van der Waals surface area contributed by atoms with Crippen molar-refractivity contribution in [3.63, 3.8) is 0 Å². The molecule has 0 radical (unpaired) electrons. The smallest absolute Gasteiger partial charge is 0.304 e. The lowest BCUT2D eigenvalue weighted by molar-refractivity contribution is -0.137. The Hall–Kier alpha value is -4.02. The summed E-state index contributed by atoms with van der Waals surface area (Å²) in [6.07, 6.45) is 2.34. The molecule has 1 saturated carbocycles. The van der Waals surface area contributed by atoms with E-state index >= 15 is 0 Å². The molecule has 1 fully saturated rings. The van der Waals surface area contributed by atoms with Crippen LogP contribution in [-0.4, -0.2) is 48.6 Å². The predicted molar refractivity (Wildman–Crippen MR) is 162 cm³/mol. The van der Waals surface area contributed by atoms with E-state index in [1.807, 2.05) is 26.1 Å². The zero-order valence-corrected chi connectivity index (χ0v) is 24.6. The van der Waals surface area contributed by atoms with Crippen LogP contribution in [0.1, 0.15) is 66.1 Å². The minimum absolute atomic E-state index is 0.0337. The third kappa shape index (κ3) is 4.78. The van der Waals surface area contributed by atoms with Crippen molar-refractivity contribution in [2.24, 2.45) is 13.0 Å². The molecule has 5 aromatic rings. The van der Waals surface area contributed by atoms with E-state index in [0.717, 1.165) is 69.5 Å². The zero-order valence-electron chi connectivity index (χ0n) is 23.8. The Morgan fingerprint density at radius 2 is 2.05 bits per heavy atom. The van der Waals surface area contributed by atoms with Gasteiger partial charge >= 0.3 is 5.97 Å². The molecule has 0 saturated heterocycles. The van der Waals surface area contributed by atoms with E-state index in [1.165, 1.54) is 10.8 Å². The SMILES string of the molecule is Cc1c([C@H](CC(=O)O)c2cc(CN3C[C@@H](C4CC4)Oc4ccc(=O)[nH]c4[C@H]3C)c3sccc3c2)ccc2c1nnn2C. The molecule has 2 aromatic carbocycles. The van der Waals surface area contributed by atoms with Gasteiger partial charge in [0.2, 0.25) is 5.56 Å². The van der Waals surface area contributed by atoms with Crippen molar-refractivity contribution in [2.75, 3.05) is 6.54 Å². The van der Waals surface area contributed by atoms with Crippen molar-refractivity contribution >= 4 is 38.4 Å². The molecule has 2 N–H and O–H groups in total. The number of nitrogens with zero attached hydrogens (tertiary/aromatic N) is 4. The number of H-pyrrole nitrogens is 1. The standard InChI is InChI=1S/C32H33N5O4S/c1-17-23(6-7-25-30(17)34-35-36(25)3)24(14-29(39)40)21-12-20-10-11-42-32(20)22(13-21)15-37-16-27(19-4-5-19)41-26-8-9-28(38)33-31(26)18(37)2/h6-13,18-19,24,27H,4-5,14-16H2,1-3H3,(H,33,38)(H,39,40)/t18-,24-,27+/m1/s1. The molecule has 9 nitrogen and oxygen atoms in total. The van der Waals surface area contributed by atoms with Gasteiger partial charge in [-0.3, -0.25) is 14.5 Å². The van der Waals surface area contributed by atoms with Gasteiger partial charge in [-0.05, 0) is 89.9 Å². The number of nitrogens with one attached hydrogen (secondary N) is 1. The summed E-state index contributed by atoms with van der Waals surface area (Å²) in [7, 11) is 1.86. The van der Waals surface area contributed by atoms with Gasteiger partial charge in [0.05, 0.1) is 23.7 Å². The summed E-state index contributed by atoms with van der Waals surface area (Å²) in [5.74, 6) is 0.0763. The maximum atomic E-state index is 12.3. The molecule has 1 aliphatic carbocycles. The van der Waals surface area contributed by atoms with Crippen molar-refractivity contribution in [2.45, 2.75) is 57.7 Å². The van der Waals surface area contributed by atoms with Crippen LogP contribution in [-0.2, 0) is 18.4 Å². The predicted octanol–water partition coefficient (Wildman–Crippen LogP) is 5.52. The number of ether oxygens (including phenoxy) is 1. The largest absolute Gasteiger partial charge is 0.487 e. The van der Waals surface area contributed by atoms with Crippen LogP contribution in [0.15, 0.2) is 52.6 Å². The fraction of sp³-hybridized carbons (Fsp3) is 0.375. The molecule has 10 heteroatoms. The topological polar surface area (TPSA) is 113 Å². The Labute approximate surface area is 246 Å². The molecule has 42 heavy (non-hydrogen) atoms. The summed E-state index contributed by atoms with van der Waals surface area (Å²) in [6.45, 7) is 5.52. The molecule has 4 heterocycles. The number of pyridine rings is 1. The summed E-state index contributed by atoms with van der Waals surface area (Å²) in [5, 5.41) is 21.7. The molecule has 0 spiro atoms. The number of fused-ring (bicyclic) bond motifs is 3. The normalized spacial score (nSPS) is 19.9. The van der Waals surface area contributed by atoms with Gasteiger partial charge in [0, 0.05) is 36.8 Å². The number of aromatic amines is 1. The van der Waals surface area contributed by atoms with E-state index in [0.29, 0.717) is 12.5 Å². The molecule has 0 unspecified atom stereocenters. The first-order chi connectivity index (χ1) is 20.3. The highest BCUT2D eigenvalue weighted by Crippen LogP contribution is 2.42. The number of aryl methyl sites for hydroxylation is 2. The first-order valence-corrected chi connectivity index (χ1v) is 15.3. The lowest BCUT2D eigenvalue weighted by Crippen LogP contribution is -2.35. The van der Waals surface area contributed by atoms with Gasteiger partial charge < -0.3 is 14.8 Å². The van der Waals surface area contributed by atoms with Crippen molar-refractivity contribution < 1.29 is 14.6 Å². The maximum Gasteiger partial charge on any atom is 0.304 e. The van der Waals surface area contributed by atoms with Gasteiger partial charge in [-0.2, -0.15) is 0 Å². The van der Waals surface area contributed by atoms with Crippen LogP contribution >= 0.6 is 11.3 Å². The number of carbonyl (C=O) groups is 1. The second-order valence-electron chi connectivity index (χ2n) is 11.7. The third-order valence-electron chi connectivity index (χ3n) is 8.97. The van der Waals surface area contributed by atoms with Crippen molar-refractivity contribution in [3.05, 3.63) is 86.1 Å². The minimum Gasteiger partial charge on any atom is -0.487 e. The highest BCUT2D eigenvalue weighted by atomic mass is 32.1. The van der Waals surface area contributed by atoms with Gasteiger partial charge in [-0.25, -0.2) is 4.68 Å². The van der Waals surface area contributed by atoms with Crippen LogP contribution in [0.4, 0.5) is 0 Å². The van der Waals surface area contributed by atoms with Crippen LogP contribution in [0, 0.1) is 12.8 Å². The first-order valence-electron chi connectivity index (χ1n) is 14.4. The lowest BCUT2D eigenvalue weighted by Gasteiger charge is -2.29. The van der Waals surface area contributed by atoms with Crippen LogP contribution in [0.3, 0.4) is 0 Å². The number of hydrogen-bond donors (Lipinski definition) is 2. The van der Waals surface area contributed by atoms with Crippen molar-refractivity contribution in [1.29, 1.82) is 0 Å². The number of aliphatic carboxylic acids is 1. The minimum atomic E-state index is -0.850. The molecule has 216 valence electrons. The number of benzene rings is 2. The zero-order chi connectivity index (χ0) is 29.1. The molecule has 0 amide bonds. The summed E-state index contributed by atoms with van der Waals surface area (Å²) in [4.78, 5) is 29.9. The lowest BCUT2D eigenvalue weighted by atomic mass is 9.84. The van der Waals surface area contributed by atoms with Gasteiger partial charge in [0.1, 0.15) is 17.4 Å². The number of rotatable bonds is 7. The number of hydrogen-bond acceptors (Lipinski definition) is 7. The van der Waals surface area contributed by atoms with Gasteiger partial charge in [0.25, 0.3) is 0 Å². The molecular formula is C32H33N5O4S. The molecule has 3 aromatic heterocycles. The summed E-state index contributed by atoms with van der Waals surface area (Å²) in [6, 6.07) is 13.7. The highest BCUT2D eigenvalue weighted by Gasteiger charge is 2.38. The molecule has 3 atom stereocenters. The number of carboxylic acids is 1. The molecular weight excluding hydrogens is 550 g/mol. The maximum absolute atomic E-state index is 12.3. The van der Waals surface area contributed by atoms with Gasteiger partial charge in [-0.15, -0.1) is 16.4 Å². The Kier molecular flexibility index (Phi) is 6.62. The highest BCUT2D eigenvalue weighted by molar-refractivity contribution is 7.17. The van der Waals surface area contributed by atoms with Gasteiger partial charge in [-0.1, -0.05) is 17.3 Å². The van der Waals surface area contributed by atoms with E-state index in [9.17, 15) is 14.7 Å². The van der Waals surface area contributed by atoms with E-state index in [2.05, 4.69) is 50.7 Å². The quantitative estimate of drug-likeness (QED) is 0.259. The van der Waals surface area contributed by atoms with E-state index < -0.39 is 5.97 Å². The summed E-state index contributed by atoms with van der Waals surface area (Å²) >= 11 is 1.70. The average Bonchev–Trinajstić information content (AvgIpc) is 3.61. The fourth-order valence-electron chi connectivity index (χ4n) is 6.50. The Bertz CT molecular complexity index is 1890. The summed E-state index contributed by atoms with van der Waals surface area (Å²) < 4.78 is 9.40. The Morgan fingerprint density at radius 1 is 1.21 bits per heavy atom. The molecule has 7 rings (SSSR count). The van der Waals surface area contributed by atoms with Gasteiger partial charge in [0.15, 0.2) is 0 Å². The molecule has 0 bridgehead atoms. The first kappa shape index (κ1) is 26.9. The van der Waals surface area contributed by atoms with E-state index in [1.54, 1.807) is 22.1 Å². The van der Waals surface area contributed by atoms with Crippen LogP contribution in [0.5, 0.6) is 5.75 Å². The Balaban J connectivity index is 1.31. The fourth-order valence-corrected chi connectivity index (χ4v) is 7.39. The summed E-state index contributed by atoms with van der Waals surface area (Å²) in [5.41, 5.74) is 6.39. The number of aromatic nitrogens is 4. The van der Waals surface area contributed by atoms with Crippen LogP contribution in [0.25, 0.3) is 21.1 Å². The Morgan fingerprint density at radius 3 is 2.83 bits per heavy atom. The third-order valence-corrected chi connectivity index (χ3v) is 9.98. The monoisotopic (exact) mass is 583 g/mol. The second kappa shape index (κ2) is 10.4. The number of thiophene rings is 1. The van der Waals surface area contributed by atoms with Crippen molar-refractivity contribution in [3.8, 4) is 5.75 Å². The van der Waals surface area contributed by atoms with E-state index in [-0.39, 0.29) is 30.0 Å². The van der Waals surface area contributed by atoms with Crippen LogP contribution in [0.2, 0.25) is 0 Å².